The lowest BCUT2D eigenvalue weighted by molar-refractivity contribution is -0.142. The fourth-order valence-electron chi connectivity index (χ4n) is 1.17. The summed E-state index contributed by atoms with van der Waals surface area (Å²) < 4.78 is 17.6. The molecule has 1 unspecified atom stereocenters. The van der Waals surface area contributed by atoms with Crippen molar-refractivity contribution < 1.29 is 19.0 Å². The molecular weight excluding hydrogens is 223 g/mol. The maximum atomic E-state index is 13.3. The molecule has 3 nitrogen and oxygen atoms in total. The predicted molar refractivity (Wildman–Crippen MR) is 53.0 cm³/mol. The summed E-state index contributed by atoms with van der Waals surface area (Å²) >= 11 is 5.70. The van der Waals surface area contributed by atoms with Gasteiger partial charge in [-0.15, -0.1) is 0 Å². The number of aliphatic hydroxyl groups is 1. The SMILES string of the molecule is COC(=O)CC(O)c1c(F)cccc1Cl. The van der Waals surface area contributed by atoms with Crippen molar-refractivity contribution in [2.45, 2.75) is 12.5 Å². The van der Waals surface area contributed by atoms with Crippen LogP contribution in [0.15, 0.2) is 18.2 Å². The van der Waals surface area contributed by atoms with Gasteiger partial charge in [-0.1, -0.05) is 17.7 Å². The summed E-state index contributed by atoms with van der Waals surface area (Å²) in [5.74, 6) is -1.26. The molecule has 0 fully saturated rings. The number of carbonyl (C=O) groups is 1. The van der Waals surface area contributed by atoms with Crippen LogP contribution in [0.1, 0.15) is 18.1 Å². The van der Waals surface area contributed by atoms with E-state index in [0.29, 0.717) is 0 Å². The zero-order chi connectivity index (χ0) is 11.4. The van der Waals surface area contributed by atoms with E-state index in [1.165, 1.54) is 25.3 Å². The summed E-state index contributed by atoms with van der Waals surface area (Å²) in [6, 6.07) is 4.04. The standard InChI is InChI=1S/C10H10ClFO3/c1-15-9(14)5-8(13)10-6(11)3-2-4-7(10)12/h2-4,8,13H,5H2,1H3. The fourth-order valence-corrected chi connectivity index (χ4v) is 1.46. The molecule has 0 aromatic heterocycles. The molecular formula is C10H10ClFO3. The van der Waals surface area contributed by atoms with Gasteiger partial charge in [-0.3, -0.25) is 4.79 Å². The van der Waals surface area contributed by atoms with Crippen molar-refractivity contribution in [1.29, 1.82) is 0 Å². The predicted octanol–water partition coefficient (Wildman–Crippen LogP) is 2.08. The lowest BCUT2D eigenvalue weighted by Gasteiger charge is -2.11. The molecule has 0 saturated carbocycles. The Morgan fingerprint density at radius 1 is 1.67 bits per heavy atom. The summed E-state index contributed by atoms with van der Waals surface area (Å²) in [5.41, 5.74) is -0.0791. The average molecular weight is 233 g/mol. The molecule has 0 saturated heterocycles. The number of ether oxygens (including phenoxy) is 1. The minimum Gasteiger partial charge on any atom is -0.469 e. The number of hydrogen-bond donors (Lipinski definition) is 1. The van der Waals surface area contributed by atoms with Crippen molar-refractivity contribution >= 4 is 17.6 Å². The number of esters is 1. The third-order valence-electron chi connectivity index (χ3n) is 1.92. The van der Waals surface area contributed by atoms with E-state index in [2.05, 4.69) is 4.74 Å². The Hall–Kier alpha value is -1.13. The van der Waals surface area contributed by atoms with Gasteiger partial charge in [-0.2, -0.15) is 0 Å². The lowest BCUT2D eigenvalue weighted by atomic mass is 10.1. The number of halogens is 2. The molecule has 0 aliphatic heterocycles. The Kier molecular flexibility index (Phi) is 4.05. The Balaban J connectivity index is 2.90. The highest BCUT2D eigenvalue weighted by Gasteiger charge is 2.19. The van der Waals surface area contributed by atoms with Gasteiger partial charge < -0.3 is 9.84 Å². The molecule has 5 heteroatoms. The third kappa shape index (κ3) is 2.91. The van der Waals surface area contributed by atoms with Gasteiger partial charge in [-0.05, 0) is 12.1 Å². The van der Waals surface area contributed by atoms with Crippen LogP contribution in [0.2, 0.25) is 5.02 Å². The number of aliphatic hydroxyl groups excluding tert-OH is 1. The van der Waals surface area contributed by atoms with Crippen molar-refractivity contribution in [1.82, 2.24) is 0 Å². The molecule has 0 aliphatic rings. The van der Waals surface area contributed by atoms with Crippen molar-refractivity contribution in [3.8, 4) is 0 Å². The molecule has 0 aliphatic carbocycles. The Morgan fingerprint density at radius 3 is 2.87 bits per heavy atom. The van der Waals surface area contributed by atoms with Crippen LogP contribution in [0.3, 0.4) is 0 Å². The first-order chi connectivity index (χ1) is 7.06. The summed E-state index contributed by atoms with van der Waals surface area (Å²) in [5, 5.41) is 9.65. The van der Waals surface area contributed by atoms with Crippen LogP contribution in [0.5, 0.6) is 0 Å². The summed E-state index contributed by atoms with van der Waals surface area (Å²) in [6.07, 6.45) is -1.61. The maximum absolute atomic E-state index is 13.3. The van der Waals surface area contributed by atoms with Crippen molar-refractivity contribution in [2.75, 3.05) is 7.11 Å². The second-order valence-corrected chi connectivity index (χ2v) is 3.34. The number of benzene rings is 1. The second kappa shape index (κ2) is 5.09. The highest BCUT2D eigenvalue weighted by atomic mass is 35.5. The van der Waals surface area contributed by atoms with E-state index in [1.54, 1.807) is 0 Å². The lowest BCUT2D eigenvalue weighted by Crippen LogP contribution is -2.09. The maximum Gasteiger partial charge on any atom is 0.308 e. The number of methoxy groups -OCH3 is 1. The number of hydrogen-bond acceptors (Lipinski definition) is 3. The normalized spacial score (nSPS) is 12.3. The summed E-state index contributed by atoms with van der Waals surface area (Å²) in [6.45, 7) is 0. The average Bonchev–Trinajstić information content (AvgIpc) is 2.17. The third-order valence-corrected chi connectivity index (χ3v) is 2.25. The van der Waals surface area contributed by atoms with Crippen LogP contribution in [0, 0.1) is 5.82 Å². The van der Waals surface area contributed by atoms with Crippen LogP contribution in [-0.4, -0.2) is 18.2 Å². The van der Waals surface area contributed by atoms with Crippen molar-refractivity contribution in [2.24, 2.45) is 0 Å². The molecule has 0 heterocycles. The molecule has 1 atom stereocenters. The molecule has 1 aromatic carbocycles. The minimum atomic E-state index is -1.29. The molecule has 0 amide bonds. The number of rotatable bonds is 3. The minimum absolute atomic E-state index is 0.0791. The molecule has 0 radical (unpaired) electrons. The zero-order valence-electron chi connectivity index (χ0n) is 8.04. The molecule has 82 valence electrons. The van der Waals surface area contributed by atoms with Gasteiger partial charge in [0, 0.05) is 10.6 Å². The second-order valence-electron chi connectivity index (χ2n) is 2.93. The largest absolute Gasteiger partial charge is 0.469 e. The van der Waals surface area contributed by atoms with E-state index in [0.717, 1.165) is 0 Å². The summed E-state index contributed by atoms with van der Waals surface area (Å²) in [7, 11) is 1.19. The highest BCUT2D eigenvalue weighted by Crippen LogP contribution is 2.27. The van der Waals surface area contributed by atoms with Crippen LogP contribution in [0.25, 0.3) is 0 Å². The molecule has 15 heavy (non-hydrogen) atoms. The van der Waals surface area contributed by atoms with Crippen LogP contribution in [-0.2, 0) is 9.53 Å². The highest BCUT2D eigenvalue weighted by molar-refractivity contribution is 6.31. The molecule has 0 spiro atoms. The topological polar surface area (TPSA) is 46.5 Å². The Morgan fingerprint density at radius 2 is 2.33 bits per heavy atom. The fraction of sp³-hybridized carbons (Fsp3) is 0.300. The monoisotopic (exact) mass is 232 g/mol. The summed E-state index contributed by atoms with van der Waals surface area (Å²) in [4.78, 5) is 10.9. The van der Waals surface area contributed by atoms with Crippen molar-refractivity contribution in [3.05, 3.63) is 34.6 Å². The first-order valence-corrected chi connectivity index (χ1v) is 4.63. The van der Waals surface area contributed by atoms with Gasteiger partial charge in [0.1, 0.15) is 5.82 Å². The van der Waals surface area contributed by atoms with Gasteiger partial charge >= 0.3 is 5.97 Å². The van der Waals surface area contributed by atoms with E-state index in [9.17, 15) is 14.3 Å². The van der Waals surface area contributed by atoms with E-state index in [1.807, 2.05) is 0 Å². The number of carbonyl (C=O) groups excluding carboxylic acids is 1. The molecule has 1 N–H and O–H groups in total. The quantitative estimate of drug-likeness (QED) is 0.812. The van der Waals surface area contributed by atoms with Gasteiger partial charge in [0.05, 0.1) is 19.6 Å². The Bertz CT molecular complexity index is 347. The van der Waals surface area contributed by atoms with Crippen LogP contribution < -0.4 is 0 Å². The first-order valence-electron chi connectivity index (χ1n) is 4.25. The van der Waals surface area contributed by atoms with Crippen molar-refractivity contribution in [3.63, 3.8) is 0 Å². The molecule has 1 rings (SSSR count). The van der Waals surface area contributed by atoms with E-state index in [4.69, 9.17) is 11.6 Å². The van der Waals surface area contributed by atoms with Gasteiger partial charge in [-0.25, -0.2) is 4.39 Å². The van der Waals surface area contributed by atoms with E-state index in [-0.39, 0.29) is 17.0 Å². The Labute approximate surface area is 91.4 Å². The van der Waals surface area contributed by atoms with Gasteiger partial charge in [0.15, 0.2) is 0 Å². The van der Waals surface area contributed by atoms with E-state index >= 15 is 0 Å². The van der Waals surface area contributed by atoms with Gasteiger partial charge in [0.2, 0.25) is 0 Å². The van der Waals surface area contributed by atoms with Crippen LogP contribution >= 0.6 is 11.6 Å². The zero-order valence-corrected chi connectivity index (χ0v) is 8.79. The first kappa shape index (κ1) is 11.9. The van der Waals surface area contributed by atoms with E-state index < -0.39 is 17.9 Å². The van der Waals surface area contributed by atoms with Gasteiger partial charge in [0.25, 0.3) is 0 Å². The van der Waals surface area contributed by atoms with Crippen LogP contribution in [0.4, 0.5) is 4.39 Å². The molecule has 1 aromatic rings. The smallest absolute Gasteiger partial charge is 0.308 e. The molecule has 0 bridgehead atoms.